The lowest BCUT2D eigenvalue weighted by Gasteiger charge is -2.20. The van der Waals surface area contributed by atoms with Crippen LogP contribution >= 0.6 is 0 Å². The molecule has 0 aliphatic carbocycles. The average molecular weight is 577 g/mol. The maximum Gasteiger partial charge on any atom is -0.000673 e. The van der Waals surface area contributed by atoms with Crippen LogP contribution in [0.25, 0.3) is 119 Å². The summed E-state index contributed by atoms with van der Waals surface area (Å²) in [7, 11) is 0. The third-order valence-electron chi connectivity index (χ3n) is 11.0. The van der Waals surface area contributed by atoms with Gasteiger partial charge in [-0.15, -0.1) is 0 Å². The van der Waals surface area contributed by atoms with E-state index in [9.17, 15) is 0 Å². The van der Waals surface area contributed by atoms with E-state index >= 15 is 0 Å². The maximum atomic E-state index is 2.55. The Hall–Kier alpha value is -5.98. The van der Waals surface area contributed by atoms with Gasteiger partial charge in [-0.1, -0.05) is 140 Å². The molecule has 0 aliphatic rings. The first-order valence-corrected chi connectivity index (χ1v) is 16.2. The normalized spacial score (nSPS) is 12.8. The molecule has 0 saturated carbocycles. The molecule has 0 aromatic heterocycles. The maximum absolute atomic E-state index is 2.55. The molecule has 0 spiro atoms. The predicted octanol–water partition coefficient (Wildman–Crippen LogP) is 13.2. The Morgan fingerprint density at radius 2 is 0.609 bits per heavy atom. The topological polar surface area (TPSA) is 0 Å². The van der Waals surface area contributed by atoms with Crippen molar-refractivity contribution in [1.82, 2.24) is 0 Å². The number of benzene rings is 10. The monoisotopic (exact) mass is 576 g/mol. The molecule has 0 atom stereocenters. The molecule has 0 heterocycles. The number of hydrogen-bond acceptors (Lipinski definition) is 0. The van der Waals surface area contributed by atoms with Gasteiger partial charge in [0.1, 0.15) is 0 Å². The highest BCUT2D eigenvalue weighted by Gasteiger charge is 2.27. The Bertz CT molecular complexity index is 3160. The van der Waals surface area contributed by atoms with Gasteiger partial charge in [-0.3, -0.25) is 0 Å². The van der Waals surface area contributed by atoms with E-state index in [0.717, 1.165) is 0 Å². The van der Waals surface area contributed by atoms with Gasteiger partial charge in [-0.25, -0.2) is 0 Å². The molecule has 0 bridgehead atoms. The summed E-state index contributed by atoms with van der Waals surface area (Å²) in [4.78, 5) is 0. The van der Waals surface area contributed by atoms with Crippen LogP contribution in [0.1, 0.15) is 0 Å². The second kappa shape index (κ2) is 7.99. The summed E-state index contributed by atoms with van der Waals surface area (Å²) >= 11 is 0. The van der Waals surface area contributed by atoms with Crippen molar-refractivity contribution in [2.24, 2.45) is 0 Å². The Morgan fingerprint density at radius 3 is 1.15 bits per heavy atom. The molecule has 0 N–H and O–H groups in total. The zero-order chi connectivity index (χ0) is 29.7. The molecule has 12 rings (SSSR count). The van der Waals surface area contributed by atoms with Crippen LogP contribution in [-0.4, -0.2) is 0 Å². The van der Waals surface area contributed by atoms with Crippen molar-refractivity contribution in [3.63, 3.8) is 0 Å². The highest BCUT2D eigenvalue weighted by molar-refractivity contribution is 6.52. The molecule has 0 amide bonds. The third kappa shape index (κ3) is 2.58. The summed E-state index contributed by atoms with van der Waals surface area (Å²) in [5.41, 5.74) is 2.61. The zero-order valence-corrected chi connectivity index (χ0v) is 24.9. The highest BCUT2D eigenvalue weighted by atomic mass is 14.3. The van der Waals surface area contributed by atoms with Crippen LogP contribution in [0, 0.1) is 0 Å². The second-order valence-corrected chi connectivity index (χ2v) is 13.1. The van der Waals surface area contributed by atoms with E-state index in [2.05, 4.69) is 146 Å². The first-order valence-electron chi connectivity index (χ1n) is 16.2. The van der Waals surface area contributed by atoms with Crippen LogP contribution in [0.2, 0.25) is 0 Å². The van der Waals surface area contributed by atoms with Crippen LogP contribution < -0.4 is 0 Å². The van der Waals surface area contributed by atoms with E-state index < -0.39 is 0 Å². The molecule has 208 valence electrons. The Labute approximate surface area is 263 Å². The number of fused-ring (bicyclic) bond motifs is 10. The van der Waals surface area contributed by atoms with Crippen molar-refractivity contribution in [1.29, 1.82) is 0 Å². The summed E-state index contributed by atoms with van der Waals surface area (Å²) in [6, 6.07) is 54.9. The minimum Gasteiger partial charge on any atom is -0.0622 e. The van der Waals surface area contributed by atoms with Gasteiger partial charge in [0.05, 0.1) is 0 Å². The van der Waals surface area contributed by atoms with E-state index in [4.69, 9.17) is 0 Å². The molecule has 46 heavy (non-hydrogen) atoms. The van der Waals surface area contributed by atoms with E-state index in [1.165, 1.54) is 119 Å². The van der Waals surface area contributed by atoms with Crippen LogP contribution in [0.3, 0.4) is 0 Å². The van der Waals surface area contributed by atoms with Gasteiger partial charge >= 0.3 is 0 Å². The predicted molar refractivity (Wildman–Crippen MR) is 200 cm³/mol. The summed E-state index contributed by atoms with van der Waals surface area (Å²) in [6.45, 7) is 0. The molecular weight excluding hydrogens is 553 g/mol. The van der Waals surface area contributed by atoms with Crippen molar-refractivity contribution in [3.8, 4) is 11.1 Å². The number of hydrogen-bond donors (Lipinski definition) is 0. The summed E-state index contributed by atoms with van der Waals surface area (Å²) in [5.74, 6) is 0. The average Bonchev–Trinajstić information content (AvgIpc) is 3.62. The first-order chi connectivity index (χ1) is 22.9. The van der Waals surface area contributed by atoms with E-state index in [-0.39, 0.29) is 0 Å². The van der Waals surface area contributed by atoms with Crippen LogP contribution in [0.4, 0.5) is 0 Å². The highest BCUT2D eigenvalue weighted by Crippen LogP contribution is 2.56. The van der Waals surface area contributed by atoms with Gasteiger partial charge < -0.3 is 0 Å². The van der Waals surface area contributed by atoms with Crippen molar-refractivity contribution in [2.75, 3.05) is 0 Å². The van der Waals surface area contributed by atoms with Crippen molar-refractivity contribution < 1.29 is 0 Å². The second-order valence-electron chi connectivity index (χ2n) is 13.1. The largest absolute Gasteiger partial charge is 0.0622 e. The third-order valence-corrected chi connectivity index (χ3v) is 11.0. The standard InChI is InChI=1S/C46H24/c1-2-10-28(11-3-1)40-36-24-35-29-18-4-12-25-13-5-19-30(37(25)29)41(35)43-32-21-7-15-27-17-9-23-34(39(27)32)45(46(36)43)44-33-22-8-16-26-14-6-20-31(38(26)33)42(40)44/h1-24H. The molecule has 12 aromatic rings. The number of rotatable bonds is 1. The van der Waals surface area contributed by atoms with E-state index in [1.807, 2.05) is 0 Å². The molecule has 0 fully saturated rings. The Balaban J connectivity index is 1.56. The molecule has 0 unspecified atom stereocenters. The SMILES string of the molecule is c1ccc(-c2c3cc4c5cccc6cccc(c65)c4c4c5cccc6cccc(c65)c(c5c6cccc7cccc(c25)c76)c34)cc1. The van der Waals surface area contributed by atoms with Gasteiger partial charge in [0.15, 0.2) is 0 Å². The summed E-state index contributed by atoms with van der Waals surface area (Å²) in [6.07, 6.45) is 0. The molecule has 0 radical (unpaired) electrons. The lowest BCUT2D eigenvalue weighted by molar-refractivity contribution is 1.70. The lowest BCUT2D eigenvalue weighted by Crippen LogP contribution is -1.92. The lowest BCUT2D eigenvalue weighted by atomic mass is 9.82. The zero-order valence-electron chi connectivity index (χ0n) is 24.9. The molecule has 0 nitrogen and oxygen atoms in total. The Morgan fingerprint density at radius 1 is 0.217 bits per heavy atom. The summed E-state index contributed by atoms with van der Waals surface area (Å²) in [5, 5.41) is 27.1. The first kappa shape index (κ1) is 23.4. The minimum absolute atomic E-state index is 1.27. The van der Waals surface area contributed by atoms with Gasteiger partial charge in [0.2, 0.25) is 0 Å². The molecule has 0 heteroatoms. The van der Waals surface area contributed by atoms with Gasteiger partial charge in [0, 0.05) is 0 Å². The molecular formula is C46H24. The molecule has 0 aliphatic heterocycles. The molecule has 12 aromatic carbocycles. The molecule has 0 saturated heterocycles. The van der Waals surface area contributed by atoms with Crippen molar-refractivity contribution in [2.45, 2.75) is 0 Å². The van der Waals surface area contributed by atoms with Crippen LogP contribution in [0.5, 0.6) is 0 Å². The van der Waals surface area contributed by atoms with Gasteiger partial charge in [-0.05, 0) is 125 Å². The van der Waals surface area contributed by atoms with Crippen molar-refractivity contribution in [3.05, 3.63) is 146 Å². The van der Waals surface area contributed by atoms with E-state index in [1.54, 1.807) is 0 Å². The van der Waals surface area contributed by atoms with E-state index in [0.29, 0.717) is 0 Å². The fourth-order valence-electron chi connectivity index (χ4n) is 9.41. The van der Waals surface area contributed by atoms with Crippen LogP contribution in [-0.2, 0) is 0 Å². The minimum atomic E-state index is 1.27. The Kier molecular flexibility index (Phi) is 4.07. The smallest absolute Gasteiger partial charge is 0.000673 e. The van der Waals surface area contributed by atoms with Gasteiger partial charge in [0.25, 0.3) is 0 Å². The summed E-state index contributed by atoms with van der Waals surface area (Å²) < 4.78 is 0. The fraction of sp³-hybridized carbons (Fsp3) is 0. The van der Waals surface area contributed by atoms with Crippen LogP contribution in [0.15, 0.2) is 146 Å². The van der Waals surface area contributed by atoms with Gasteiger partial charge in [-0.2, -0.15) is 0 Å². The van der Waals surface area contributed by atoms with Crippen molar-refractivity contribution >= 4 is 108 Å². The fourth-order valence-corrected chi connectivity index (χ4v) is 9.41. The quantitative estimate of drug-likeness (QED) is 0.135.